The molecule has 0 unspecified atom stereocenters. The molecule has 0 spiro atoms. The molecule has 0 radical (unpaired) electrons. The van der Waals surface area contributed by atoms with Crippen LogP contribution in [0.2, 0.25) is 0 Å². The molecule has 1 aromatic carbocycles. The molecule has 29 heavy (non-hydrogen) atoms. The smallest absolute Gasteiger partial charge is 0.321 e. The van der Waals surface area contributed by atoms with E-state index in [0.29, 0.717) is 37.7 Å². The molecule has 1 aromatic rings. The van der Waals surface area contributed by atoms with E-state index in [0.717, 1.165) is 44.6 Å². The van der Waals surface area contributed by atoms with Crippen molar-refractivity contribution in [3.63, 3.8) is 0 Å². The van der Waals surface area contributed by atoms with Crippen LogP contribution in [0.15, 0.2) is 36.4 Å². The maximum atomic E-state index is 12.6. The Bertz CT molecular complexity index is 723. The van der Waals surface area contributed by atoms with Gasteiger partial charge >= 0.3 is 6.03 Å². The molecular weight excluding hydrogens is 368 g/mol. The third-order valence-electron chi connectivity index (χ3n) is 5.30. The van der Waals surface area contributed by atoms with Gasteiger partial charge in [0.1, 0.15) is 12.4 Å². The van der Waals surface area contributed by atoms with Crippen molar-refractivity contribution in [2.45, 2.75) is 26.2 Å². The van der Waals surface area contributed by atoms with Crippen LogP contribution in [0, 0.1) is 0 Å². The Morgan fingerprint density at radius 2 is 1.76 bits per heavy atom. The third kappa shape index (κ3) is 6.49. The lowest BCUT2D eigenvalue weighted by atomic mass is 10.1. The predicted octanol–water partition coefficient (Wildman–Crippen LogP) is 2.80. The summed E-state index contributed by atoms with van der Waals surface area (Å²) < 4.78 is 5.63. The van der Waals surface area contributed by atoms with Gasteiger partial charge in [-0.3, -0.25) is 9.69 Å². The number of likely N-dealkylation sites (tertiary alicyclic amines) is 1. The minimum atomic E-state index is -0.121. The first-order valence-electron chi connectivity index (χ1n) is 10.4. The van der Waals surface area contributed by atoms with Crippen molar-refractivity contribution in [2.75, 3.05) is 57.7 Å². The van der Waals surface area contributed by atoms with E-state index < -0.39 is 0 Å². The Morgan fingerprint density at radius 3 is 2.45 bits per heavy atom. The van der Waals surface area contributed by atoms with Crippen LogP contribution in [0.3, 0.4) is 0 Å². The first-order valence-corrected chi connectivity index (χ1v) is 10.4. The van der Waals surface area contributed by atoms with Gasteiger partial charge in [0, 0.05) is 51.0 Å². The molecule has 0 atom stereocenters. The summed E-state index contributed by atoms with van der Waals surface area (Å²) in [6.07, 6.45) is 3.44. The number of urea groups is 1. The van der Waals surface area contributed by atoms with Gasteiger partial charge in [-0.2, -0.15) is 0 Å². The fraction of sp³-hybridized carbons (Fsp3) is 0.545. The molecule has 3 rings (SSSR count). The normalized spacial score (nSPS) is 17.7. The number of nitrogens with one attached hydrogen (secondary N) is 1. The molecule has 2 heterocycles. The van der Waals surface area contributed by atoms with Gasteiger partial charge in [0.15, 0.2) is 0 Å². The lowest BCUT2D eigenvalue weighted by Crippen LogP contribution is -2.52. The molecule has 2 saturated heterocycles. The van der Waals surface area contributed by atoms with Crippen LogP contribution in [0.4, 0.5) is 10.5 Å². The van der Waals surface area contributed by atoms with E-state index in [1.165, 1.54) is 6.42 Å². The number of benzene rings is 1. The summed E-state index contributed by atoms with van der Waals surface area (Å²) in [6.45, 7) is 11.1. The summed E-state index contributed by atoms with van der Waals surface area (Å²) in [5, 5.41) is 2.94. The van der Waals surface area contributed by atoms with Crippen molar-refractivity contribution in [3.05, 3.63) is 36.4 Å². The molecule has 0 bridgehead atoms. The highest BCUT2D eigenvalue weighted by Gasteiger charge is 2.24. The van der Waals surface area contributed by atoms with Crippen LogP contribution >= 0.6 is 0 Å². The van der Waals surface area contributed by atoms with Crippen molar-refractivity contribution in [1.29, 1.82) is 0 Å². The number of rotatable bonds is 6. The number of nitrogens with zero attached hydrogens (tertiary/aromatic N) is 3. The number of ether oxygens (including phenoxy) is 1. The standard InChI is InChI=1S/C22H32N4O3/c1-18(2)17-29-20-8-6-7-19(15-20)23-22(28)26-13-11-24(12-14-26)16-21(27)25-9-4-3-5-10-25/h6-8,15H,1,3-5,9-14,16-17H2,2H3,(H,23,28). The summed E-state index contributed by atoms with van der Waals surface area (Å²) in [5.74, 6) is 0.918. The summed E-state index contributed by atoms with van der Waals surface area (Å²) in [6, 6.07) is 7.25. The Labute approximate surface area is 173 Å². The van der Waals surface area contributed by atoms with Gasteiger partial charge in [0.25, 0.3) is 0 Å². The van der Waals surface area contributed by atoms with E-state index in [1.54, 1.807) is 4.90 Å². The highest BCUT2D eigenvalue weighted by molar-refractivity contribution is 5.89. The van der Waals surface area contributed by atoms with E-state index in [9.17, 15) is 9.59 Å². The number of carbonyl (C=O) groups excluding carboxylic acids is 2. The first-order chi connectivity index (χ1) is 14.0. The highest BCUT2D eigenvalue weighted by Crippen LogP contribution is 2.18. The Balaban J connectivity index is 1.43. The van der Waals surface area contributed by atoms with Gasteiger partial charge in [-0.05, 0) is 43.9 Å². The van der Waals surface area contributed by atoms with Gasteiger partial charge in [-0.25, -0.2) is 4.79 Å². The molecule has 2 aliphatic rings. The number of piperazine rings is 1. The minimum Gasteiger partial charge on any atom is -0.489 e. The fourth-order valence-electron chi connectivity index (χ4n) is 3.62. The van der Waals surface area contributed by atoms with Gasteiger partial charge in [-0.15, -0.1) is 0 Å². The number of amides is 3. The Kier molecular flexibility index (Phi) is 7.52. The van der Waals surface area contributed by atoms with E-state index in [1.807, 2.05) is 36.1 Å². The molecule has 1 N–H and O–H groups in total. The maximum Gasteiger partial charge on any atom is 0.321 e. The molecule has 2 aliphatic heterocycles. The second-order valence-electron chi connectivity index (χ2n) is 7.91. The van der Waals surface area contributed by atoms with Crippen molar-refractivity contribution >= 4 is 17.6 Å². The van der Waals surface area contributed by atoms with Crippen molar-refractivity contribution in [3.8, 4) is 5.75 Å². The second kappa shape index (κ2) is 10.3. The lowest BCUT2D eigenvalue weighted by Gasteiger charge is -2.36. The van der Waals surface area contributed by atoms with Crippen molar-refractivity contribution < 1.29 is 14.3 Å². The molecule has 0 aromatic heterocycles. The van der Waals surface area contributed by atoms with E-state index in [4.69, 9.17) is 4.74 Å². The monoisotopic (exact) mass is 400 g/mol. The van der Waals surface area contributed by atoms with E-state index in [2.05, 4.69) is 16.8 Å². The van der Waals surface area contributed by atoms with Crippen LogP contribution < -0.4 is 10.1 Å². The molecule has 7 heteroatoms. The van der Waals surface area contributed by atoms with Crippen LogP contribution in [0.25, 0.3) is 0 Å². The number of hydrogen-bond donors (Lipinski definition) is 1. The van der Waals surface area contributed by atoms with Crippen LogP contribution in [-0.4, -0.2) is 79.1 Å². The molecule has 0 aliphatic carbocycles. The summed E-state index contributed by atoms with van der Waals surface area (Å²) >= 11 is 0. The average Bonchev–Trinajstić information content (AvgIpc) is 2.73. The number of piperidine rings is 1. The summed E-state index contributed by atoms with van der Waals surface area (Å²) in [5.41, 5.74) is 1.65. The predicted molar refractivity (Wildman–Crippen MR) is 114 cm³/mol. The zero-order valence-electron chi connectivity index (χ0n) is 17.4. The van der Waals surface area contributed by atoms with Crippen LogP contribution in [0.5, 0.6) is 5.75 Å². The van der Waals surface area contributed by atoms with Gasteiger partial charge in [-0.1, -0.05) is 12.6 Å². The highest BCUT2D eigenvalue weighted by atomic mass is 16.5. The van der Waals surface area contributed by atoms with Crippen LogP contribution in [0.1, 0.15) is 26.2 Å². The van der Waals surface area contributed by atoms with Gasteiger partial charge in [0.2, 0.25) is 5.91 Å². The molecule has 2 fully saturated rings. The zero-order valence-corrected chi connectivity index (χ0v) is 17.4. The quantitative estimate of drug-likeness (QED) is 0.746. The largest absolute Gasteiger partial charge is 0.489 e. The van der Waals surface area contributed by atoms with Crippen molar-refractivity contribution in [2.24, 2.45) is 0 Å². The average molecular weight is 401 g/mol. The first kappa shape index (κ1) is 21.2. The summed E-state index contributed by atoms with van der Waals surface area (Å²) in [7, 11) is 0. The van der Waals surface area contributed by atoms with Crippen molar-refractivity contribution in [1.82, 2.24) is 14.7 Å². The zero-order chi connectivity index (χ0) is 20.6. The molecule has 158 valence electrons. The Hall–Kier alpha value is -2.54. The van der Waals surface area contributed by atoms with E-state index >= 15 is 0 Å². The SMILES string of the molecule is C=C(C)COc1cccc(NC(=O)N2CCN(CC(=O)N3CCCCC3)CC2)c1. The topological polar surface area (TPSA) is 65.1 Å². The fourth-order valence-corrected chi connectivity index (χ4v) is 3.62. The van der Waals surface area contributed by atoms with Gasteiger partial charge < -0.3 is 19.9 Å². The third-order valence-corrected chi connectivity index (χ3v) is 5.30. The number of carbonyl (C=O) groups is 2. The number of hydrogen-bond acceptors (Lipinski definition) is 4. The summed E-state index contributed by atoms with van der Waals surface area (Å²) in [4.78, 5) is 30.9. The lowest BCUT2D eigenvalue weighted by molar-refractivity contribution is -0.133. The molecule has 7 nitrogen and oxygen atoms in total. The number of anilines is 1. The molecule has 3 amide bonds. The molecule has 0 saturated carbocycles. The Morgan fingerprint density at radius 1 is 1.03 bits per heavy atom. The minimum absolute atomic E-state index is 0.121. The maximum absolute atomic E-state index is 12.6. The van der Waals surface area contributed by atoms with E-state index in [-0.39, 0.29) is 11.9 Å². The second-order valence-corrected chi connectivity index (χ2v) is 7.91. The van der Waals surface area contributed by atoms with Gasteiger partial charge in [0.05, 0.1) is 6.54 Å². The van der Waals surface area contributed by atoms with Crippen LogP contribution in [-0.2, 0) is 4.79 Å². The molecular formula is C22H32N4O3.